The first kappa shape index (κ1) is 18.5. The second-order valence-electron chi connectivity index (χ2n) is 7.67. The Bertz CT molecular complexity index is 828. The fourth-order valence-electron chi connectivity index (χ4n) is 4.53. The number of alkyl carbamates (subject to hydrolysis) is 1. The van der Waals surface area contributed by atoms with Crippen molar-refractivity contribution in [1.82, 2.24) is 10.2 Å². The summed E-state index contributed by atoms with van der Waals surface area (Å²) < 4.78 is 5.27. The Morgan fingerprint density at radius 3 is 2.14 bits per heavy atom. The zero-order valence-corrected chi connectivity index (χ0v) is 15.6. The number of hydrogen-bond donors (Lipinski definition) is 2. The molecule has 5 rings (SSSR count). The predicted molar refractivity (Wildman–Crippen MR) is 103 cm³/mol. The number of rotatable bonds is 6. The van der Waals surface area contributed by atoms with E-state index in [9.17, 15) is 14.7 Å². The molecule has 3 aliphatic rings. The lowest BCUT2D eigenvalue weighted by Crippen LogP contribution is -2.77. The Morgan fingerprint density at radius 2 is 1.57 bits per heavy atom. The van der Waals surface area contributed by atoms with Gasteiger partial charge in [-0.2, -0.15) is 0 Å². The number of nitrogens with one attached hydrogen (secondary N) is 1. The molecular formula is C22H24N2O4. The van der Waals surface area contributed by atoms with Crippen molar-refractivity contribution in [2.24, 2.45) is 11.8 Å². The molecule has 2 aromatic carbocycles. The lowest BCUT2D eigenvalue weighted by molar-refractivity contribution is -0.170. The number of carbonyl (C=O) groups is 2. The highest BCUT2D eigenvalue weighted by atomic mass is 16.5. The fraction of sp³-hybridized carbons (Fsp3) is 0.364. The van der Waals surface area contributed by atoms with Crippen LogP contribution in [0.1, 0.15) is 17.5 Å². The first-order valence-corrected chi connectivity index (χ1v) is 9.56. The Labute approximate surface area is 164 Å². The highest BCUT2D eigenvalue weighted by molar-refractivity contribution is 5.86. The van der Waals surface area contributed by atoms with Crippen LogP contribution in [0.15, 0.2) is 60.7 Å². The number of piperidine rings is 2. The van der Waals surface area contributed by atoms with Crippen molar-refractivity contribution in [3.05, 3.63) is 71.8 Å². The summed E-state index contributed by atoms with van der Waals surface area (Å²) in [6, 6.07) is 19.5. The van der Waals surface area contributed by atoms with E-state index in [-0.39, 0.29) is 18.4 Å². The molecule has 2 N–H and O–H groups in total. The van der Waals surface area contributed by atoms with E-state index in [1.165, 1.54) is 5.56 Å². The fourth-order valence-corrected chi connectivity index (χ4v) is 4.53. The van der Waals surface area contributed by atoms with E-state index in [0.29, 0.717) is 13.1 Å². The van der Waals surface area contributed by atoms with E-state index in [4.69, 9.17) is 4.74 Å². The Hall–Kier alpha value is -2.86. The lowest BCUT2D eigenvalue weighted by Gasteiger charge is -2.59. The highest BCUT2D eigenvalue weighted by Gasteiger charge is 2.64. The van der Waals surface area contributed by atoms with E-state index in [2.05, 4.69) is 22.3 Å². The normalized spacial score (nSPS) is 26.1. The number of carbonyl (C=O) groups excluding carboxylic acids is 1. The van der Waals surface area contributed by atoms with Crippen LogP contribution in [0.3, 0.4) is 0 Å². The number of hydrogen-bond acceptors (Lipinski definition) is 4. The molecule has 2 aromatic rings. The second kappa shape index (κ2) is 7.64. The van der Waals surface area contributed by atoms with Crippen LogP contribution >= 0.6 is 0 Å². The molecule has 146 valence electrons. The molecule has 2 atom stereocenters. The van der Waals surface area contributed by atoms with E-state index >= 15 is 0 Å². The predicted octanol–water partition coefficient (Wildman–Crippen LogP) is 2.89. The number of carboxylic acids is 1. The average molecular weight is 380 g/mol. The molecular weight excluding hydrogens is 356 g/mol. The molecule has 2 heterocycles. The quantitative estimate of drug-likeness (QED) is 0.806. The third-order valence-electron chi connectivity index (χ3n) is 5.94. The van der Waals surface area contributed by atoms with Crippen molar-refractivity contribution < 1.29 is 19.4 Å². The van der Waals surface area contributed by atoms with Crippen LogP contribution in [0.4, 0.5) is 4.79 Å². The SMILES string of the molecule is O=C(NC1(C(=O)O)C2CC1CN(Cc1ccccc1)C2)OCc1ccccc1. The average Bonchev–Trinajstić information content (AvgIpc) is 2.71. The highest BCUT2D eigenvalue weighted by Crippen LogP contribution is 2.49. The summed E-state index contributed by atoms with van der Waals surface area (Å²) in [7, 11) is 0. The molecule has 2 aliphatic heterocycles. The van der Waals surface area contributed by atoms with Gasteiger partial charge in [0, 0.05) is 31.5 Å². The maximum absolute atomic E-state index is 12.3. The summed E-state index contributed by atoms with van der Waals surface area (Å²) in [6.07, 6.45) is 0.147. The number of benzene rings is 2. The van der Waals surface area contributed by atoms with Crippen molar-refractivity contribution in [1.29, 1.82) is 0 Å². The van der Waals surface area contributed by atoms with Gasteiger partial charge < -0.3 is 15.2 Å². The van der Waals surface area contributed by atoms with E-state index in [1.807, 2.05) is 48.5 Å². The van der Waals surface area contributed by atoms with Crippen molar-refractivity contribution in [2.75, 3.05) is 13.1 Å². The van der Waals surface area contributed by atoms with Gasteiger partial charge in [0.05, 0.1) is 0 Å². The van der Waals surface area contributed by atoms with Gasteiger partial charge in [-0.05, 0) is 17.5 Å². The zero-order chi connectivity index (χ0) is 19.6. The van der Waals surface area contributed by atoms with Crippen molar-refractivity contribution >= 4 is 12.1 Å². The molecule has 3 fully saturated rings. The van der Waals surface area contributed by atoms with Gasteiger partial charge in [-0.1, -0.05) is 60.7 Å². The lowest BCUT2D eigenvalue weighted by atomic mass is 9.55. The van der Waals surface area contributed by atoms with E-state index in [0.717, 1.165) is 18.5 Å². The van der Waals surface area contributed by atoms with Gasteiger partial charge in [0.2, 0.25) is 0 Å². The van der Waals surface area contributed by atoms with Crippen LogP contribution in [0.2, 0.25) is 0 Å². The van der Waals surface area contributed by atoms with Gasteiger partial charge in [-0.15, -0.1) is 0 Å². The van der Waals surface area contributed by atoms with Gasteiger partial charge in [-0.25, -0.2) is 9.59 Å². The summed E-state index contributed by atoms with van der Waals surface area (Å²) >= 11 is 0. The summed E-state index contributed by atoms with van der Waals surface area (Å²) in [6.45, 7) is 2.22. The maximum atomic E-state index is 12.3. The summed E-state index contributed by atoms with van der Waals surface area (Å²) in [4.78, 5) is 26.7. The molecule has 2 unspecified atom stereocenters. The van der Waals surface area contributed by atoms with E-state index in [1.54, 1.807) is 0 Å². The molecule has 0 radical (unpaired) electrons. The van der Waals surface area contributed by atoms with Gasteiger partial charge in [0.15, 0.2) is 0 Å². The van der Waals surface area contributed by atoms with E-state index < -0.39 is 17.6 Å². The number of nitrogens with zero attached hydrogens (tertiary/aromatic N) is 1. The van der Waals surface area contributed by atoms with Gasteiger partial charge >= 0.3 is 12.1 Å². The minimum Gasteiger partial charge on any atom is -0.479 e. The van der Waals surface area contributed by atoms with Crippen LogP contribution in [-0.4, -0.2) is 40.7 Å². The smallest absolute Gasteiger partial charge is 0.408 e. The van der Waals surface area contributed by atoms with Crippen LogP contribution < -0.4 is 5.32 Å². The standard InChI is InChI=1S/C22H24N2O4/c25-20(26)22(23-21(27)28-15-17-9-5-2-6-10-17)18-11-19(22)14-24(13-18)12-16-7-3-1-4-8-16/h1-10,18-19H,11-15H2,(H,23,27)(H,25,26). The first-order chi connectivity index (χ1) is 13.6. The zero-order valence-electron chi connectivity index (χ0n) is 15.6. The molecule has 1 aliphatic carbocycles. The molecule has 0 spiro atoms. The molecule has 28 heavy (non-hydrogen) atoms. The van der Waals surface area contributed by atoms with Gasteiger partial charge in [0.1, 0.15) is 12.1 Å². The van der Waals surface area contributed by atoms with Crippen molar-refractivity contribution in [2.45, 2.75) is 25.1 Å². The van der Waals surface area contributed by atoms with Crippen LogP contribution in [0.5, 0.6) is 0 Å². The largest absolute Gasteiger partial charge is 0.479 e. The molecule has 2 saturated heterocycles. The molecule has 1 amide bonds. The van der Waals surface area contributed by atoms with Gasteiger partial charge in [0.25, 0.3) is 0 Å². The van der Waals surface area contributed by atoms with Gasteiger partial charge in [-0.3, -0.25) is 4.90 Å². The Kier molecular flexibility index (Phi) is 5.05. The molecule has 2 bridgehead atoms. The maximum Gasteiger partial charge on any atom is 0.408 e. The number of aliphatic carboxylic acids is 1. The number of ether oxygens (including phenoxy) is 1. The summed E-state index contributed by atoms with van der Waals surface area (Å²) in [5.74, 6) is -1.20. The summed E-state index contributed by atoms with van der Waals surface area (Å²) in [5, 5.41) is 12.6. The van der Waals surface area contributed by atoms with Crippen LogP contribution in [-0.2, 0) is 22.7 Å². The first-order valence-electron chi connectivity index (χ1n) is 9.56. The number of carboxylic acid groups (broad SMARTS) is 1. The van der Waals surface area contributed by atoms with Crippen LogP contribution in [0.25, 0.3) is 0 Å². The van der Waals surface area contributed by atoms with Crippen LogP contribution in [0, 0.1) is 11.8 Å². The second-order valence-corrected chi connectivity index (χ2v) is 7.67. The molecule has 6 heteroatoms. The minimum atomic E-state index is -1.22. The Morgan fingerprint density at radius 1 is 1.00 bits per heavy atom. The third kappa shape index (κ3) is 3.47. The molecule has 1 saturated carbocycles. The van der Waals surface area contributed by atoms with Crippen molar-refractivity contribution in [3.63, 3.8) is 0 Å². The molecule has 0 aromatic heterocycles. The monoisotopic (exact) mass is 380 g/mol. The minimum absolute atomic E-state index is 0.114. The molecule has 6 nitrogen and oxygen atoms in total. The third-order valence-corrected chi connectivity index (χ3v) is 5.94. The van der Waals surface area contributed by atoms with Crippen molar-refractivity contribution in [3.8, 4) is 0 Å². The Balaban J connectivity index is 1.38. The number of fused-ring (bicyclic) bond motifs is 2. The number of amides is 1. The topological polar surface area (TPSA) is 78.9 Å². The summed E-state index contributed by atoms with van der Waals surface area (Å²) in [5.41, 5.74) is 0.853.